The third kappa shape index (κ3) is 4.34. The van der Waals surface area contributed by atoms with Crippen molar-refractivity contribution in [2.45, 2.75) is 18.8 Å². The number of carbonyl (C=O) groups is 2. The van der Waals surface area contributed by atoms with E-state index in [4.69, 9.17) is 16.3 Å². The lowest BCUT2D eigenvalue weighted by atomic mass is 10.2. The molecule has 0 aliphatic carbocycles. The summed E-state index contributed by atoms with van der Waals surface area (Å²) in [5.74, 6) is -0.554. The number of aliphatic hydroxyl groups excluding tert-OH is 1. The van der Waals surface area contributed by atoms with Crippen molar-refractivity contribution in [2.75, 3.05) is 19.0 Å². The zero-order valence-electron chi connectivity index (χ0n) is 11.4. The summed E-state index contributed by atoms with van der Waals surface area (Å²) < 4.78 is 5.18. The molecule has 21 heavy (non-hydrogen) atoms. The van der Waals surface area contributed by atoms with Crippen molar-refractivity contribution in [3.8, 4) is 0 Å². The first kappa shape index (κ1) is 15.6. The topological polar surface area (TPSA) is 78.9 Å². The van der Waals surface area contributed by atoms with E-state index >= 15 is 0 Å². The third-order valence-corrected chi connectivity index (χ3v) is 3.46. The molecule has 2 amide bonds. The lowest BCUT2D eigenvalue weighted by molar-refractivity contribution is -0.119. The molecule has 0 unspecified atom stereocenters. The molecule has 2 atom stereocenters. The molecule has 2 N–H and O–H groups in total. The molecule has 1 aliphatic heterocycles. The number of β-amino-alcohol motifs (C(OH)–C–C–N with tert-alkyl or cyclic N) is 1. The number of halogens is 1. The summed E-state index contributed by atoms with van der Waals surface area (Å²) in [6.07, 6.45) is -1.33. The van der Waals surface area contributed by atoms with Crippen LogP contribution in [0.3, 0.4) is 0 Å². The van der Waals surface area contributed by atoms with Gasteiger partial charge in [-0.15, -0.1) is 11.6 Å². The molecule has 1 aromatic carbocycles. The van der Waals surface area contributed by atoms with Crippen LogP contribution in [0.5, 0.6) is 0 Å². The van der Waals surface area contributed by atoms with Crippen LogP contribution in [0.4, 0.5) is 4.79 Å². The van der Waals surface area contributed by atoms with Crippen molar-refractivity contribution >= 4 is 23.6 Å². The summed E-state index contributed by atoms with van der Waals surface area (Å²) in [5.41, 5.74) is 0.887. The van der Waals surface area contributed by atoms with Gasteiger partial charge in [0.05, 0.1) is 18.7 Å². The average molecular weight is 313 g/mol. The lowest BCUT2D eigenvalue weighted by Gasteiger charge is -2.16. The predicted octanol–water partition coefficient (Wildman–Crippen LogP) is 0.723. The van der Waals surface area contributed by atoms with Crippen LogP contribution < -0.4 is 5.32 Å². The molecule has 0 radical (unpaired) electrons. The maximum atomic E-state index is 11.9. The highest BCUT2D eigenvalue weighted by molar-refractivity contribution is 6.27. The number of carbonyl (C=O) groups excluding carboxylic acids is 2. The van der Waals surface area contributed by atoms with Gasteiger partial charge in [0.2, 0.25) is 5.91 Å². The van der Waals surface area contributed by atoms with Gasteiger partial charge in [-0.2, -0.15) is 0 Å². The number of nitrogens with zero attached hydrogens (tertiary/aromatic N) is 1. The first-order chi connectivity index (χ1) is 10.1. The second-order valence-corrected chi connectivity index (χ2v) is 5.09. The molecule has 0 aromatic heterocycles. The Hall–Kier alpha value is -1.79. The largest absolute Gasteiger partial charge is 0.445 e. The summed E-state index contributed by atoms with van der Waals surface area (Å²) in [5, 5.41) is 12.4. The van der Waals surface area contributed by atoms with Crippen LogP contribution in [-0.4, -0.2) is 53.1 Å². The molecule has 7 heteroatoms. The molecule has 1 fully saturated rings. The summed E-state index contributed by atoms with van der Waals surface area (Å²) in [4.78, 5) is 24.5. The van der Waals surface area contributed by atoms with Crippen LogP contribution in [0.25, 0.3) is 0 Å². The molecule has 1 saturated heterocycles. The Morgan fingerprint density at radius 3 is 2.71 bits per heavy atom. The van der Waals surface area contributed by atoms with Crippen LogP contribution in [0.2, 0.25) is 0 Å². The number of aliphatic hydroxyl groups is 1. The number of hydrogen-bond acceptors (Lipinski definition) is 4. The fraction of sp³-hybridized carbons (Fsp3) is 0.429. The van der Waals surface area contributed by atoms with Crippen LogP contribution in [0.1, 0.15) is 5.56 Å². The van der Waals surface area contributed by atoms with Crippen LogP contribution in [-0.2, 0) is 16.1 Å². The van der Waals surface area contributed by atoms with Crippen molar-refractivity contribution in [1.82, 2.24) is 10.2 Å². The van der Waals surface area contributed by atoms with E-state index in [0.717, 1.165) is 5.56 Å². The van der Waals surface area contributed by atoms with Crippen molar-refractivity contribution in [3.05, 3.63) is 35.9 Å². The molecular formula is C14H17ClN2O4. The Morgan fingerprint density at radius 1 is 1.33 bits per heavy atom. The van der Waals surface area contributed by atoms with Gasteiger partial charge in [0, 0.05) is 6.54 Å². The number of ether oxygens (including phenoxy) is 1. The monoisotopic (exact) mass is 312 g/mol. The zero-order valence-corrected chi connectivity index (χ0v) is 12.1. The van der Waals surface area contributed by atoms with Gasteiger partial charge in [-0.1, -0.05) is 30.3 Å². The Bertz CT molecular complexity index is 497. The Balaban J connectivity index is 1.82. The minimum absolute atomic E-state index is 0.126. The molecule has 6 nitrogen and oxygen atoms in total. The number of amides is 2. The van der Waals surface area contributed by atoms with E-state index < -0.39 is 18.2 Å². The van der Waals surface area contributed by atoms with E-state index in [-0.39, 0.29) is 31.5 Å². The molecule has 0 saturated carbocycles. The molecule has 1 heterocycles. The van der Waals surface area contributed by atoms with Crippen molar-refractivity contribution in [3.63, 3.8) is 0 Å². The van der Waals surface area contributed by atoms with Gasteiger partial charge in [-0.25, -0.2) is 4.79 Å². The van der Waals surface area contributed by atoms with Crippen LogP contribution in [0.15, 0.2) is 30.3 Å². The Kier molecular flexibility index (Phi) is 5.41. The second-order valence-electron chi connectivity index (χ2n) is 4.82. The van der Waals surface area contributed by atoms with Crippen molar-refractivity contribution < 1.29 is 19.4 Å². The van der Waals surface area contributed by atoms with Gasteiger partial charge in [0.1, 0.15) is 12.5 Å². The molecule has 1 aliphatic rings. The van der Waals surface area contributed by atoms with E-state index in [1.807, 2.05) is 30.3 Å². The number of alkyl halides is 1. The van der Waals surface area contributed by atoms with E-state index in [0.29, 0.717) is 0 Å². The quantitative estimate of drug-likeness (QED) is 0.803. The SMILES string of the molecule is O=C(CCl)N[C@@H]1CN(C(=O)OCc2ccccc2)C[C@H]1O. The number of hydrogen-bond donors (Lipinski definition) is 2. The standard InChI is InChI=1S/C14H17ClN2O4/c15-6-13(19)16-11-7-17(8-12(11)18)14(20)21-9-10-4-2-1-3-5-10/h1-5,11-12,18H,6-9H2,(H,16,19)/t11-,12-/m1/s1. The van der Waals surface area contributed by atoms with E-state index in [9.17, 15) is 14.7 Å². The Labute approximate surface area is 127 Å². The first-order valence-corrected chi connectivity index (χ1v) is 7.12. The van der Waals surface area contributed by atoms with Gasteiger partial charge >= 0.3 is 6.09 Å². The van der Waals surface area contributed by atoms with Crippen molar-refractivity contribution in [1.29, 1.82) is 0 Å². The summed E-state index contributed by atoms with van der Waals surface area (Å²) in [6.45, 7) is 0.503. The minimum Gasteiger partial charge on any atom is -0.445 e. The smallest absolute Gasteiger partial charge is 0.410 e. The number of likely N-dealkylation sites (tertiary alicyclic amines) is 1. The summed E-state index contributed by atoms with van der Waals surface area (Å²) in [6, 6.07) is 8.80. The van der Waals surface area contributed by atoms with Crippen LogP contribution >= 0.6 is 11.6 Å². The van der Waals surface area contributed by atoms with E-state index in [2.05, 4.69) is 5.32 Å². The van der Waals surface area contributed by atoms with Gasteiger partial charge in [0.25, 0.3) is 0 Å². The van der Waals surface area contributed by atoms with E-state index in [1.165, 1.54) is 4.90 Å². The molecule has 114 valence electrons. The number of benzene rings is 1. The number of rotatable bonds is 4. The van der Waals surface area contributed by atoms with Crippen LogP contribution in [0, 0.1) is 0 Å². The lowest BCUT2D eigenvalue weighted by Crippen LogP contribution is -2.43. The van der Waals surface area contributed by atoms with Gasteiger partial charge in [-0.3, -0.25) is 4.79 Å². The molecule has 1 aromatic rings. The second kappa shape index (κ2) is 7.28. The first-order valence-electron chi connectivity index (χ1n) is 6.59. The predicted molar refractivity (Wildman–Crippen MR) is 76.9 cm³/mol. The van der Waals surface area contributed by atoms with Gasteiger partial charge in [-0.05, 0) is 5.56 Å². The average Bonchev–Trinajstić information content (AvgIpc) is 2.87. The fourth-order valence-electron chi connectivity index (χ4n) is 2.13. The maximum absolute atomic E-state index is 11.9. The third-order valence-electron chi connectivity index (χ3n) is 3.22. The highest BCUT2D eigenvalue weighted by Gasteiger charge is 2.35. The zero-order chi connectivity index (χ0) is 15.2. The van der Waals surface area contributed by atoms with E-state index in [1.54, 1.807) is 0 Å². The normalized spacial score (nSPS) is 21.1. The summed E-state index contributed by atoms with van der Waals surface area (Å²) >= 11 is 5.40. The fourth-order valence-corrected chi connectivity index (χ4v) is 2.21. The maximum Gasteiger partial charge on any atom is 0.410 e. The highest BCUT2D eigenvalue weighted by Crippen LogP contribution is 2.13. The summed E-state index contributed by atoms with van der Waals surface area (Å²) in [7, 11) is 0. The number of nitrogens with one attached hydrogen (secondary N) is 1. The van der Waals surface area contributed by atoms with Gasteiger partial charge in [0.15, 0.2) is 0 Å². The molecule has 0 bridgehead atoms. The van der Waals surface area contributed by atoms with Crippen molar-refractivity contribution in [2.24, 2.45) is 0 Å². The van der Waals surface area contributed by atoms with Gasteiger partial charge < -0.3 is 20.1 Å². The Morgan fingerprint density at radius 2 is 2.05 bits per heavy atom. The molecular weight excluding hydrogens is 296 g/mol. The minimum atomic E-state index is -0.818. The highest BCUT2D eigenvalue weighted by atomic mass is 35.5. The molecule has 0 spiro atoms. The molecule has 2 rings (SSSR count).